The summed E-state index contributed by atoms with van der Waals surface area (Å²) in [4.78, 5) is 0. The molecule has 10 aromatic carbocycles. The van der Waals surface area contributed by atoms with E-state index < -0.39 is 0 Å². The first kappa shape index (κ1) is 31.7. The molecule has 0 nitrogen and oxygen atoms in total. The molecule has 2 heteroatoms. The van der Waals surface area contributed by atoms with Gasteiger partial charge in [-0.15, -0.1) is 22.7 Å². The van der Waals surface area contributed by atoms with Crippen LogP contribution in [0.25, 0.3) is 117 Å². The Labute approximate surface area is 332 Å². The molecule has 0 amide bonds. The third-order valence-corrected chi connectivity index (χ3v) is 14.2. The standard InChI is InChI=1S/C54H32S2/c1-5-17-39-33(11-1)15-9-21-45(39)51-41-19-7-3-13-35(41)23-27-43(51)37-25-29-47-49(31-37)55-54-48-30-26-38(32-50(48)56-53(47)54)44-28-24-36-14-4-8-20-42(36)52(44)46-22-10-16-34-12-2-6-18-40(34)46/h1-32H. The summed E-state index contributed by atoms with van der Waals surface area (Å²) in [5.41, 5.74) is 10.2. The van der Waals surface area contributed by atoms with Crippen molar-refractivity contribution >= 4 is 95.3 Å². The minimum Gasteiger partial charge on any atom is -0.134 e. The van der Waals surface area contributed by atoms with Crippen LogP contribution in [0.5, 0.6) is 0 Å². The second kappa shape index (κ2) is 12.5. The van der Waals surface area contributed by atoms with Gasteiger partial charge in [0.2, 0.25) is 0 Å². The van der Waals surface area contributed by atoms with Crippen LogP contribution >= 0.6 is 22.7 Å². The first-order valence-corrected chi connectivity index (χ1v) is 20.8. The summed E-state index contributed by atoms with van der Waals surface area (Å²) in [7, 11) is 0. The molecule has 0 N–H and O–H groups in total. The third kappa shape index (κ3) is 4.83. The summed E-state index contributed by atoms with van der Waals surface area (Å²) >= 11 is 3.86. The van der Waals surface area contributed by atoms with E-state index in [4.69, 9.17) is 0 Å². The van der Waals surface area contributed by atoms with Crippen LogP contribution in [0.4, 0.5) is 0 Å². The molecule has 0 radical (unpaired) electrons. The lowest BCUT2D eigenvalue weighted by atomic mass is 9.87. The molecule has 2 heterocycles. The molecule has 0 aliphatic carbocycles. The largest absolute Gasteiger partial charge is 0.134 e. The predicted octanol–water partition coefficient (Wildman–Crippen LogP) is 16.5. The highest BCUT2D eigenvalue weighted by molar-refractivity contribution is 7.36. The Balaban J connectivity index is 1.02. The van der Waals surface area contributed by atoms with Gasteiger partial charge >= 0.3 is 0 Å². The Morgan fingerprint density at radius 2 is 0.625 bits per heavy atom. The minimum absolute atomic E-state index is 1.25. The average Bonchev–Trinajstić information content (AvgIpc) is 3.80. The van der Waals surface area contributed by atoms with Crippen molar-refractivity contribution in [1.82, 2.24) is 0 Å². The molecule has 0 unspecified atom stereocenters. The zero-order valence-corrected chi connectivity index (χ0v) is 31.9. The summed E-state index contributed by atoms with van der Waals surface area (Å²) in [6.07, 6.45) is 0. The number of hydrogen-bond donors (Lipinski definition) is 0. The zero-order valence-electron chi connectivity index (χ0n) is 30.3. The molecule has 0 saturated carbocycles. The van der Waals surface area contributed by atoms with E-state index >= 15 is 0 Å². The molecule has 12 rings (SSSR count). The quantitative estimate of drug-likeness (QED) is 0.168. The fraction of sp³-hybridized carbons (Fsp3) is 0. The van der Waals surface area contributed by atoms with E-state index in [1.54, 1.807) is 0 Å². The maximum absolute atomic E-state index is 2.43. The second-order valence-electron chi connectivity index (χ2n) is 14.8. The Morgan fingerprint density at radius 1 is 0.250 bits per heavy atom. The molecule has 260 valence electrons. The number of thiophene rings is 2. The molecule has 0 bridgehead atoms. The van der Waals surface area contributed by atoms with E-state index in [1.807, 2.05) is 22.7 Å². The first-order chi connectivity index (χ1) is 27.8. The fourth-order valence-electron chi connectivity index (χ4n) is 9.08. The number of rotatable bonds is 4. The van der Waals surface area contributed by atoms with Gasteiger partial charge in [-0.25, -0.2) is 0 Å². The lowest BCUT2D eigenvalue weighted by molar-refractivity contribution is 1.65. The van der Waals surface area contributed by atoms with Gasteiger partial charge in [-0.05, 0) is 99.7 Å². The summed E-state index contributed by atoms with van der Waals surface area (Å²) in [6, 6.07) is 72.0. The lowest BCUT2D eigenvalue weighted by Gasteiger charge is -2.16. The van der Waals surface area contributed by atoms with Gasteiger partial charge in [0.15, 0.2) is 0 Å². The molecule has 0 spiro atoms. The summed E-state index contributed by atoms with van der Waals surface area (Å²) in [6.45, 7) is 0. The average molecular weight is 745 g/mol. The SMILES string of the molecule is c1ccc2c(-c3c(-c4ccc5c(c4)sc4c6ccc(-c7ccc8ccccc8c7-c7cccc8ccccc78)cc6sc54)ccc4ccccc34)cccc2c1. The van der Waals surface area contributed by atoms with Gasteiger partial charge in [-0.1, -0.05) is 182 Å². The Morgan fingerprint density at radius 3 is 1.07 bits per heavy atom. The van der Waals surface area contributed by atoms with Crippen LogP contribution < -0.4 is 0 Å². The number of hydrogen-bond acceptors (Lipinski definition) is 2. The second-order valence-corrected chi connectivity index (χ2v) is 16.9. The van der Waals surface area contributed by atoms with Crippen LogP contribution in [0.2, 0.25) is 0 Å². The summed E-state index contributed by atoms with van der Waals surface area (Å²) in [5.74, 6) is 0. The van der Waals surface area contributed by atoms with Crippen molar-refractivity contribution < 1.29 is 0 Å². The zero-order chi connectivity index (χ0) is 36.7. The summed E-state index contributed by atoms with van der Waals surface area (Å²) in [5, 5.41) is 12.9. The highest BCUT2D eigenvalue weighted by Gasteiger charge is 2.19. The van der Waals surface area contributed by atoms with Crippen LogP contribution in [-0.4, -0.2) is 0 Å². The van der Waals surface area contributed by atoms with Crippen LogP contribution in [-0.2, 0) is 0 Å². The van der Waals surface area contributed by atoms with E-state index in [0.717, 1.165) is 0 Å². The van der Waals surface area contributed by atoms with Gasteiger partial charge in [0.05, 0.1) is 9.40 Å². The van der Waals surface area contributed by atoms with E-state index in [9.17, 15) is 0 Å². The highest BCUT2D eigenvalue weighted by Crippen LogP contribution is 2.49. The van der Waals surface area contributed by atoms with E-state index in [0.29, 0.717) is 0 Å². The number of benzene rings is 10. The van der Waals surface area contributed by atoms with Gasteiger partial charge in [0, 0.05) is 20.2 Å². The molecule has 0 saturated heterocycles. The van der Waals surface area contributed by atoms with E-state index in [2.05, 4.69) is 194 Å². The number of fused-ring (bicyclic) bond motifs is 9. The van der Waals surface area contributed by atoms with Crippen molar-refractivity contribution in [3.8, 4) is 44.5 Å². The van der Waals surface area contributed by atoms with Gasteiger partial charge < -0.3 is 0 Å². The van der Waals surface area contributed by atoms with Crippen LogP contribution in [0, 0.1) is 0 Å². The van der Waals surface area contributed by atoms with E-state index in [-0.39, 0.29) is 0 Å². The Kier molecular flexibility index (Phi) is 7.07. The fourth-order valence-corrected chi connectivity index (χ4v) is 11.8. The van der Waals surface area contributed by atoms with E-state index in [1.165, 1.54) is 117 Å². The maximum Gasteiger partial charge on any atom is 0.0542 e. The normalized spacial score (nSPS) is 11.9. The topological polar surface area (TPSA) is 0 Å². The van der Waals surface area contributed by atoms with Gasteiger partial charge in [0.1, 0.15) is 0 Å². The van der Waals surface area contributed by atoms with Crippen molar-refractivity contribution in [1.29, 1.82) is 0 Å². The molecular weight excluding hydrogens is 713 g/mol. The molecule has 2 aromatic heterocycles. The van der Waals surface area contributed by atoms with Gasteiger partial charge in [-0.2, -0.15) is 0 Å². The van der Waals surface area contributed by atoms with Crippen molar-refractivity contribution in [2.24, 2.45) is 0 Å². The molecular formula is C54H32S2. The lowest BCUT2D eigenvalue weighted by Crippen LogP contribution is -1.89. The van der Waals surface area contributed by atoms with Crippen LogP contribution in [0.3, 0.4) is 0 Å². The molecule has 56 heavy (non-hydrogen) atoms. The Bertz CT molecular complexity index is 3300. The maximum atomic E-state index is 2.43. The van der Waals surface area contributed by atoms with Gasteiger partial charge in [0.25, 0.3) is 0 Å². The molecule has 0 aliphatic heterocycles. The van der Waals surface area contributed by atoms with Crippen molar-refractivity contribution in [2.75, 3.05) is 0 Å². The highest BCUT2D eigenvalue weighted by atomic mass is 32.1. The molecule has 12 aromatic rings. The minimum atomic E-state index is 1.25. The molecule has 0 atom stereocenters. The first-order valence-electron chi connectivity index (χ1n) is 19.2. The van der Waals surface area contributed by atoms with Crippen LogP contribution in [0.1, 0.15) is 0 Å². The monoisotopic (exact) mass is 744 g/mol. The van der Waals surface area contributed by atoms with Crippen molar-refractivity contribution in [2.45, 2.75) is 0 Å². The Hall–Kier alpha value is -6.58. The smallest absolute Gasteiger partial charge is 0.0542 e. The third-order valence-electron chi connectivity index (χ3n) is 11.7. The van der Waals surface area contributed by atoms with Crippen molar-refractivity contribution in [3.05, 3.63) is 194 Å². The molecule has 0 aliphatic rings. The predicted molar refractivity (Wildman–Crippen MR) is 246 cm³/mol. The van der Waals surface area contributed by atoms with Crippen molar-refractivity contribution in [3.63, 3.8) is 0 Å². The molecule has 0 fully saturated rings. The summed E-state index contributed by atoms with van der Waals surface area (Å²) < 4.78 is 5.42. The van der Waals surface area contributed by atoms with Gasteiger partial charge in [-0.3, -0.25) is 0 Å². The van der Waals surface area contributed by atoms with Crippen LogP contribution in [0.15, 0.2) is 194 Å².